The number of anilines is 1. The maximum absolute atomic E-state index is 12.0. The molecule has 1 aromatic carbocycles. The van der Waals surface area contributed by atoms with Crippen molar-refractivity contribution in [3.8, 4) is 0 Å². The van der Waals surface area contributed by atoms with Crippen molar-refractivity contribution < 1.29 is 4.79 Å². The maximum atomic E-state index is 12.0. The second-order valence-corrected chi connectivity index (χ2v) is 3.90. The zero-order chi connectivity index (χ0) is 12.1. The summed E-state index contributed by atoms with van der Waals surface area (Å²) < 4.78 is 0. The van der Waals surface area contributed by atoms with Gasteiger partial charge < -0.3 is 16.0 Å². The highest BCUT2D eigenvalue weighted by Crippen LogP contribution is 2.13. The lowest BCUT2D eigenvalue weighted by Crippen LogP contribution is -2.32. The zero-order valence-electron chi connectivity index (χ0n) is 10.1. The van der Waals surface area contributed by atoms with Gasteiger partial charge in [-0.3, -0.25) is 4.79 Å². The number of hydrogen-bond acceptors (Lipinski definition) is 3. The predicted molar refractivity (Wildman–Crippen MR) is 66.5 cm³/mol. The minimum absolute atomic E-state index is 0.0263. The molecular formula is C12H19N3O. The van der Waals surface area contributed by atoms with Crippen LogP contribution in [-0.4, -0.2) is 38.0 Å². The maximum Gasteiger partial charge on any atom is 0.253 e. The Morgan fingerprint density at radius 2 is 2.19 bits per heavy atom. The van der Waals surface area contributed by atoms with Gasteiger partial charge in [-0.2, -0.15) is 0 Å². The van der Waals surface area contributed by atoms with E-state index in [-0.39, 0.29) is 5.91 Å². The van der Waals surface area contributed by atoms with E-state index in [4.69, 9.17) is 5.73 Å². The van der Waals surface area contributed by atoms with Gasteiger partial charge in [0.1, 0.15) is 0 Å². The van der Waals surface area contributed by atoms with Crippen molar-refractivity contribution in [1.29, 1.82) is 0 Å². The summed E-state index contributed by atoms with van der Waals surface area (Å²) in [4.78, 5) is 13.7. The molecule has 0 aromatic heterocycles. The normalized spacial score (nSPS) is 10.2. The van der Waals surface area contributed by atoms with Crippen molar-refractivity contribution in [2.45, 2.75) is 6.92 Å². The van der Waals surface area contributed by atoms with E-state index in [1.807, 2.05) is 20.0 Å². The molecule has 0 saturated heterocycles. The lowest BCUT2D eigenvalue weighted by molar-refractivity contribution is 0.0797. The zero-order valence-corrected chi connectivity index (χ0v) is 10.1. The first-order chi connectivity index (χ1) is 7.56. The Hall–Kier alpha value is -1.55. The summed E-state index contributed by atoms with van der Waals surface area (Å²) >= 11 is 0. The molecule has 1 aromatic rings. The van der Waals surface area contributed by atoms with Gasteiger partial charge in [0.25, 0.3) is 5.91 Å². The predicted octanol–water partition coefficient (Wildman–Crippen LogP) is 0.869. The smallest absolute Gasteiger partial charge is 0.253 e. The number of aryl methyl sites for hydroxylation is 1. The van der Waals surface area contributed by atoms with Crippen molar-refractivity contribution in [1.82, 2.24) is 10.2 Å². The minimum atomic E-state index is 0.0263. The van der Waals surface area contributed by atoms with Crippen molar-refractivity contribution in [2.24, 2.45) is 0 Å². The van der Waals surface area contributed by atoms with Crippen LogP contribution in [0.3, 0.4) is 0 Å². The Morgan fingerprint density at radius 1 is 1.50 bits per heavy atom. The fourth-order valence-electron chi connectivity index (χ4n) is 1.41. The van der Waals surface area contributed by atoms with Crippen molar-refractivity contribution in [2.75, 3.05) is 32.9 Å². The SMILES string of the molecule is CNCCN(C)C(=O)c1ccc(N)c(C)c1. The number of likely N-dealkylation sites (N-methyl/N-ethyl adjacent to an activating group) is 2. The molecular weight excluding hydrogens is 202 g/mol. The third-order valence-corrected chi connectivity index (χ3v) is 2.56. The molecule has 0 unspecified atom stereocenters. The van der Waals surface area contributed by atoms with Crippen LogP contribution in [0.2, 0.25) is 0 Å². The van der Waals surface area contributed by atoms with Gasteiger partial charge in [0.15, 0.2) is 0 Å². The van der Waals surface area contributed by atoms with Crippen LogP contribution in [0.1, 0.15) is 15.9 Å². The Morgan fingerprint density at radius 3 is 2.75 bits per heavy atom. The number of nitrogens with one attached hydrogen (secondary N) is 1. The van der Waals surface area contributed by atoms with Crippen LogP contribution in [0.25, 0.3) is 0 Å². The van der Waals surface area contributed by atoms with E-state index >= 15 is 0 Å². The number of nitrogens with zero attached hydrogens (tertiary/aromatic N) is 1. The first kappa shape index (κ1) is 12.5. The van der Waals surface area contributed by atoms with Gasteiger partial charge in [0.2, 0.25) is 0 Å². The largest absolute Gasteiger partial charge is 0.399 e. The molecule has 0 spiro atoms. The number of carbonyl (C=O) groups is 1. The third-order valence-electron chi connectivity index (χ3n) is 2.56. The van der Waals surface area contributed by atoms with Crippen LogP contribution in [0.5, 0.6) is 0 Å². The highest BCUT2D eigenvalue weighted by atomic mass is 16.2. The van der Waals surface area contributed by atoms with Gasteiger partial charge in [0.05, 0.1) is 0 Å². The Balaban J connectivity index is 2.76. The Labute approximate surface area is 96.4 Å². The molecule has 0 saturated carbocycles. The van der Waals surface area contributed by atoms with Crippen LogP contribution >= 0.6 is 0 Å². The minimum Gasteiger partial charge on any atom is -0.399 e. The summed E-state index contributed by atoms with van der Waals surface area (Å²) in [6.45, 7) is 3.38. The first-order valence-electron chi connectivity index (χ1n) is 5.32. The second-order valence-electron chi connectivity index (χ2n) is 3.90. The molecule has 0 fully saturated rings. The number of amides is 1. The number of benzene rings is 1. The molecule has 0 aliphatic carbocycles. The van der Waals surface area contributed by atoms with Crippen molar-refractivity contribution >= 4 is 11.6 Å². The first-order valence-corrected chi connectivity index (χ1v) is 5.32. The van der Waals surface area contributed by atoms with E-state index in [1.54, 1.807) is 24.1 Å². The summed E-state index contributed by atoms with van der Waals surface area (Å²) in [5.41, 5.74) is 8.05. The molecule has 4 nitrogen and oxygen atoms in total. The van der Waals surface area contributed by atoms with E-state index in [0.29, 0.717) is 12.1 Å². The average Bonchev–Trinajstić information content (AvgIpc) is 2.28. The van der Waals surface area contributed by atoms with Gasteiger partial charge in [-0.1, -0.05) is 0 Å². The van der Waals surface area contributed by atoms with Crippen LogP contribution in [0.15, 0.2) is 18.2 Å². The molecule has 16 heavy (non-hydrogen) atoms. The fourth-order valence-corrected chi connectivity index (χ4v) is 1.41. The number of hydrogen-bond donors (Lipinski definition) is 2. The summed E-state index contributed by atoms with van der Waals surface area (Å²) in [6.07, 6.45) is 0. The molecule has 0 bridgehead atoms. The van der Waals surface area contributed by atoms with Gasteiger partial charge in [-0.25, -0.2) is 0 Å². The summed E-state index contributed by atoms with van der Waals surface area (Å²) in [7, 11) is 3.66. The highest BCUT2D eigenvalue weighted by Gasteiger charge is 2.11. The molecule has 1 rings (SSSR count). The second kappa shape index (κ2) is 5.51. The Bertz CT molecular complexity index is 377. The molecule has 0 heterocycles. The van der Waals surface area contributed by atoms with E-state index in [9.17, 15) is 4.79 Å². The molecule has 0 aliphatic rings. The fraction of sp³-hybridized carbons (Fsp3) is 0.417. The summed E-state index contributed by atoms with van der Waals surface area (Å²) in [5.74, 6) is 0.0263. The molecule has 3 N–H and O–H groups in total. The van der Waals surface area contributed by atoms with Gasteiger partial charge in [-0.15, -0.1) is 0 Å². The topological polar surface area (TPSA) is 58.4 Å². The van der Waals surface area contributed by atoms with E-state index in [0.717, 1.165) is 17.8 Å². The average molecular weight is 221 g/mol. The number of carbonyl (C=O) groups excluding carboxylic acids is 1. The molecule has 0 radical (unpaired) electrons. The highest BCUT2D eigenvalue weighted by molar-refractivity contribution is 5.94. The summed E-state index contributed by atoms with van der Waals surface area (Å²) in [6, 6.07) is 5.36. The van der Waals surface area contributed by atoms with Gasteiger partial charge in [-0.05, 0) is 37.7 Å². The van der Waals surface area contributed by atoms with Crippen LogP contribution in [0.4, 0.5) is 5.69 Å². The summed E-state index contributed by atoms with van der Waals surface area (Å²) in [5, 5.41) is 3.01. The molecule has 88 valence electrons. The monoisotopic (exact) mass is 221 g/mol. The standard InChI is InChI=1S/C12H19N3O/c1-9-8-10(4-5-11(9)13)12(16)15(3)7-6-14-2/h4-5,8,14H,6-7,13H2,1-3H3. The number of nitrogens with two attached hydrogens (primary N) is 1. The van der Waals surface area contributed by atoms with Crippen molar-refractivity contribution in [3.63, 3.8) is 0 Å². The van der Waals surface area contributed by atoms with Crippen LogP contribution < -0.4 is 11.1 Å². The number of rotatable bonds is 4. The van der Waals surface area contributed by atoms with Crippen LogP contribution in [0, 0.1) is 6.92 Å². The lowest BCUT2D eigenvalue weighted by Gasteiger charge is -2.17. The Kier molecular flexibility index (Phi) is 4.31. The van der Waals surface area contributed by atoms with E-state index in [1.165, 1.54) is 0 Å². The molecule has 0 aliphatic heterocycles. The number of nitrogen functional groups attached to an aromatic ring is 1. The molecule has 4 heteroatoms. The van der Waals surface area contributed by atoms with Gasteiger partial charge >= 0.3 is 0 Å². The van der Waals surface area contributed by atoms with Crippen molar-refractivity contribution in [3.05, 3.63) is 29.3 Å². The lowest BCUT2D eigenvalue weighted by atomic mass is 10.1. The molecule has 1 amide bonds. The third kappa shape index (κ3) is 2.97. The van der Waals surface area contributed by atoms with E-state index < -0.39 is 0 Å². The van der Waals surface area contributed by atoms with Gasteiger partial charge in [0, 0.05) is 31.4 Å². The molecule has 0 atom stereocenters. The van der Waals surface area contributed by atoms with Crippen LogP contribution in [-0.2, 0) is 0 Å². The quantitative estimate of drug-likeness (QED) is 0.742. The van der Waals surface area contributed by atoms with E-state index in [2.05, 4.69) is 5.32 Å².